The highest BCUT2D eigenvalue weighted by molar-refractivity contribution is 7.98. The van der Waals surface area contributed by atoms with Gasteiger partial charge in [-0.15, -0.1) is 17.9 Å². The Morgan fingerprint density at radius 2 is 2.07 bits per heavy atom. The summed E-state index contributed by atoms with van der Waals surface area (Å²) < 4.78 is 4.05. The van der Waals surface area contributed by atoms with Crippen LogP contribution in [0.3, 0.4) is 0 Å². The number of hydrogen-bond donors (Lipinski definition) is 0. The van der Waals surface area contributed by atoms with E-state index in [1.807, 2.05) is 48.7 Å². The Kier molecular flexibility index (Phi) is 5.39. The van der Waals surface area contributed by atoms with E-state index in [4.69, 9.17) is 11.6 Å². The molecule has 0 aliphatic heterocycles. The molecular weight excluding hydrogens is 412 g/mol. The monoisotopic (exact) mass is 428 g/mol. The summed E-state index contributed by atoms with van der Waals surface area (Å²) >= 11 is 9.51. The van der Waals surface area contributed by atoms with Gasteiger partial charge in [0, 0.05) is 17.9 Å². The van der Waals surface area contributed by atoms with Crippen LogP contribution in [0.5, 0.6) is 0 Å². The van der Waals surface area contributed by atoms with Gasteiger partial charge < -0.3 is 0 Å². The van der Waals surface area contributed by atoms with Crippen molar-refractivity contribution in [2.45, 2.75) is 24.4 Å². The molecule has 5 nitrogen and oxygen atoms in total. The number of nitrogens with zero attached hydrogens (tertiary/aromatic N) is 4. The Bertz CT molecular complexity index is 1210. The topological polar surface area (TPSA) is 52.7 Å². The van der Waals surface area contributed by atoms with Crippen molar-refractivity contribution >= 4 is 44.9 Å². The van der Waals surface area contributed by atoms with Gasteiger partial charge in [-0.2, -0.15) is 5.10 Å². The Balaban J connectivity index is 1.69. The van der Waals surface area contributed by atoms with Gasteiger partial charge in [0.1, 0.15) is 9.85 Å². The summed E-state index contributed by atoms with van der Waals surface area (Å²) in [4.78, 5) is 17.4. The predicted octanol–water partition coefficient (Wildman–Crippen LogP) is 5.08. The molecule has 0 aliphatic rings. The molecule has 0 N–H and O–H groups in total. The van der Waals surface area contributed by atoms with E-state index in [-0.39, 0.29) is 5.56 Å². The van der Waals surface area contributed by atoms with Crippen molar-refractivity contribution < 1.29 is 0 Å². The summed E-state index contributed by atoms with van der Waals surface area (Å²) in [6.07, 6.45) is 1.71. The van der Waals surface area contributed by atoms with Crippen LogP contribution in [0.2, 0.25) is 5.15 Å². The van der Waals surface area contributed by atoms with E-state index < -0.39 is 0 Å². The van der Waals surface area contributed by atoms with Crippen LogP contribution in [-0.4, -0.2) is 19.3 Å². The minimum atomic E-state index is -0.0369. The second-order valence-electron chi connectivity index (χ2n) is 6.12. The van der Waals surface area contributed by atoms with Crippen LogP contribution in [0.4, 0.5) is 0 Å². The number of fused-ring (bicyclic) bond motifs is 1. The maximum Gasteiger partial charge on any atom is 0.272 e. The number of hydrogen-bond acceptors (Lipinski definition) is 5. The molecule has 0 amide bonds. The molecule has 0 fully saturated rings. The van der Waals surface area contributed by atoms with Crippen molar-refractivity contribution in [2.75, 3.05) is 0 Å². The molecule has 8 heteroatoms. The summed E-state index contributed by atoms with van der Waals surface area (Å²) in [5.74, 6) is 0.566. The molecule has 142 valence electrons. The lowest BCUT2D eigenvalue weighted by molar-refractivity contribution is 0.673. The smallest absolute Gasteiger partial charge is 0.272 e. The minimum absolute atomic E-state index is 0.0369. The van der Waals surface area contributed by atoms with Gasteiger partial charge in [0.15, 0.2) is 5.16 Å². The molecule has 28 heavy (non-hydrogen) atoms. The summed E-state index contributed by atoms with van der Waals surface area (Å²) in [6, 6.07) is 11.6. The van der Waals surface area contributed by atoms with Gasteiger partial charge in [-0.3, -0.25) is 9.36 Å². The van der Waals surface area contributed by atoms with Crippen molar-refractivity contribution in [2.24, 2.45) is 0 Å². The van der Waals surface area contributed by atoms with Crippen molar-refractivity contribution in [3.63, 3.8) is 0 Å². The number of para-hydroxylation sites is 1. The molecule has 0 spiro atoms. The number of thiophene rings is 1. The zero-order valence-electron chi connectivity index (χ0n) is 15.1. The van der Waals surface area contributed by atoms with E-state index in [0.29, 0.717) is 27.3 Å². The largest absolute Gasteiger partial charge is 0.283 e. The standard InChI is InChI=1S/C20H17ClN4OS2/c1-3-10-24-19(26)17-16(9-11-27-17)22-20(24)28-12-15-13(2)23-25(18(15)21)14-7-5-4-6-8-14/h3-9,11H,1,10,12H2,2H3. The summed E-state index contributed by atoms with van der Waals surface area (Å²) in [5, 5.41) is 7.69. The van der Waals surface area contributed by atoms with Crippen molar-refractivity contribution in [1.82, 2.24) is 19.3 Å². The number of thioether (sulfide) groups is 1. The van der Waals surface area contributed by atoms with Crippen LogP contribution in [0, 0.1) is 6.92 Å². The molecule has 3 heterocycles. The first-order chi connectivity index (χ1) is 13.6. The normalized spacial score (nSPS) is 11.2. The van der Waals surface area contributed by atoms with Crippen molar-refractivity contribution in [1.29, 1.82) is 0 Å². The number of aromatic nitrogens is 4. The molecule has 0 saturated heterocycles. The first-order valence-electron chi connectivity index (χ1n) is 8.61. The van der Waals surface area contributed by atoms with Crippen molar-refractivity contribution in [3.8, 4) is 5.69 Å². The summed E-state index contributed by atoms with van der Waals surface area (Å²) in [6.45, 7) is 6.11. The van der Waals surface area contributed by atoms with Gasteiger partial charge in [0.25, 0.3) is 5.56 Å². The number of aryl methyl sites for hydroxylation is 1. The Morgan fingerprint density at radius 1 is 1.29 bits per heavy atom. The molecule has 3 aromatic heterocycles. The number of rotatable bonds is 6. The number of benzene rings is 1. The molecule has 4 rings (SSSR count). The van der Waals surface area contributed by atoms with Crippen LogP contribution >= 0.6 is 34.7 Å². The third-order valence-electron chi connectivity index (χ3n) is 4.31. The first-order valence-corrected chi connectivity index (χ1v) is 10.9. The Hall–Kier alpha value is -2.35. The van der Waals surface area contributed by atoms with Crippen LogP contribution in [0.15, 0.2) is 64.4 Å². The highest BCUT2D eigenvalue weighted by atomic mass is 35.5. The van der Waals surface area contributed by atoms with E-state index in [1.165, 1.54) is 23.1 Å². The SMILES string of the molecule is C=CCn1c(SCc2c(C)nn(-c3ccccc3)c2Cl)nc2ccsc2c1=O. The van der Waals surface area contributed by atoms with Crippen LogP contribution < -0.4 is 5.56 Å². The zero-order chi connectivity index (χ0) is 19.7. The highest BCUT2D eigenvalue weighted by Crippen LogP contribution is 2.30. The second kappa shape index (κ2) is 7.95. The Labute approximate surface area is 175 Å². The van der Waals surface area contributed by atoms with E-state index in [0.717, 1.165) is 22.5 Å². The molecule has 0 atom stereocenters. The lowest BCUT2D eigenvalue weighted by atomic mass is 10.3. The third kappa shape index (κ3) is 3.41. The zero-order valence-corrected chi connectivity index (χ0v) is 17.5. The van der Waals surface area contributed by atoms with Gasteiger partial charge >= 0.3 is 0 Å². The molecule has 0 saturated carbocycles. The van der Waals surface area contributed by atoms with Gasteiger partial charge in [-0.25, -0.2) is 9.67 Å². The predicted molar refractivity (Wildman–Crippen MR) is 117 cm³/mol. The number of halogens is 1. The molecule has 0 unspecified atom stereocenters. The quantitative estimate of drug-likeness (QED) is 0.244. The lowest BCUT2D eigenvalue weighted by Gasteiger charge is -2.10. The van der Waals surface area contributed by atoms with Crippen molar-refractivity contribution in [3.05, 3.63) is 81.2 Å². The molecule has 0 bridgehead atoms. The first kappa shape index (κ1) is 19.0. The summed E-state index contributed by atoms with van der Waals surface area (Å²) in [7, 11) is 0. The maximum absolute atomic E-state index is 12.8. The number of allylic oxidation sites excluding steroid dienone is 1. The molecule has 1 aromatic carbocycles. The Morgan fingerprint density at radius 3 is 2.82 bits per heavy atom. The van der Waals surface area contributed by atoms with E-state index in [2.05, 4.69) is 16.7 Å². The van der Waals surface area contributed by atoms with E-state index in [1.54, 1.807) is 15.3 Å². The van der Waals surface area contributed by atoms with Gasteiger partial charge in [-0.1, -0.05) is 47.6 Å². The highest BCUT2D eigenvalue weighted by Gasteiger charge is 2.17. The third-order valence-corrected chi connectivity index (χ3v) is 6.59. The van der Waals surface area contributed by atoms with Gasteiger partial charge in [0.05, 0.1) is 16.9 Å². The fraction of sp³-hybridized carbons (Fsp3) is 0.150. The molecular formula is C20H17ClN4OS2. The van der Waals surface area contributed by atoms with Crippen LogP contribution in [-0.2, 0) is 12.3 Å². The van der Waals surface area contributed by atoms with Gasteiger partial charge in [-0.05, 0) is 30.5 Å². The molecule has 4 aromatic rings. The van der Waals surface area contributed by atoms with E-state index in [9.17, 15) is 4.79 Å². The van der Waals surface area contributed by atoms with E-state index >= 15 is 0 Å². The van der Waals surface area contributed by atoms with Crippen LogP contribution in [0.25, 0.3) is 15.9 Å². The second-order valence-corrected chi connectivity index (χ2v) is 8.34. The molecule has 0 aliphatic carbocycles. The fourth-order valence-corrected chi connectivity index (χ4v) is 5.19. The van der Waals surface area contributed by atoms with Gasteiger partial charge in [0.2, 0.25) is 0 Å². The minimum Gasteiger partial charge on any atom is -0.283 e. The maximum atomic E-state index is 12.8. The summed E-state index contributed by atoms with van der Waals surface area (Å²) in [5.41, 5.74) is 3.38. The lowest BCUT2D eigenvalue weighted by Crippen LogP contribution is -2.21. The molecule has 0 radical (unpaired) electrons. The fourth-order valence-electron chi connectivity index (χ4n) is 2.90. The van der Waals surface area contributed by atoms with Crippen LogP contribution in [0.1, 0.15) is 11.3 Å². The average Bonchev–Trinajstić information content (AvgIpc) is 3.28. The average molecular weight is 429 g/mol.